The smallest absolute Gasteiger partial charge is 0.243 e. The van der Waals surface area contributed by atoms with Gasteiger partial charge in [-0.3, -0.25) is 0 Å². The van der Waals surface area contributed by atoms with Gasteiger partial charge in [0, 0.05) is 36.8 Å². The molecule has 0 unspecified atom stereocenters. The van der Waals surface area contributed by atoms with Crippen molar-refractivity contribution >= 4 is 27.4 Å². The van der Waals surface area contributed by atoms with Crippen LogP contribution in [0.25, 0.3) is 11.3 Å². The summed E-state index contributed by atoms with van der Waals surface area (Å²) >= 11 is 5.96. The van der Waals surface area contributed by atoms with E-state index in [2.05, 4.69) is 10.2 Å². The van der Waals surface area contributed by atoms with Crippen molar-refractivity contribution in [3.63, 3.8) is 0 Å². The molecule has 0 N–H and O–H groups in total. The molecule has 0 amide bonds. The zero-order valence-electron chi connectivity index (χ0n) is 17.7. The topological polar surface area (TPSA) is 84.9 Å². The van der Waals surface area contributed by atoms with Gasteiger partial charge in [-0.2, -0.15) is 4.31 Å². The van der Waals surface area contributed by atoms with Gasteiger partial charge < -0.3 is 14.4 Å². The number of sulfonamides is 1. The van der Waals surface area contributed by atoms with Crippen LogP contribution in [0, 0.1) is 0 Å². The van der Waals surface area contributed by atoms with Crippen LogP contribution in [0.1, 0.15) is 0 Å². The second-order valence-corrected chi connectivity index (χ2v) is 9.57. The minimum atomic E-state index is -3.58. The first-order valence-electron chi connectivity index (χ1n) is 9.99. The number of halogens is 1. The Morgan fingerprint density at radius 2 is 1.62 bits per heavy atom. The number of ether oxygens (including phenoxy) is 2. The molecule has 2 heterocycles. The third-order valence-electron chi connectivity index (χ3n) is 5.33. The van der Waals surface area contributed by atoms with Gasteiger partial charge in [0.2, 0.25) is 10.0 Å². The third-order valence-corrected chi connectivity index (χ3v) is 7.46. The molecule has 1 saturated heterocycles. The molecule has 168 valence electrons. The molecule has 1 fully saturated rings. The molecule has 10 heteroatoms. The molecular weight excluding hydrogens is 452 g/mol. The molecule has 1 aromatic heterocycles. The molecule has 0 radical (unpaired) electrons. The van der Waals surface area contributed by atoms with Gasteiger partial charge in [0.15, 0.2) is 17.3 Å². The lowest BCUT2D eigenvalue weighted by atomic mass is 10.1. The molecule has 0 bridgehead atoms. The summed E-state index contributed by atoms with van der Waals surface area (Å²) in [4.78, 5) is 2.23. The maximum absolute atomic E-state index is 12.9. The molecule has 0 spiro atoms. The molecule has 1 aliphatic heterocycles. The van der Waals surface area contributed by atoms with Gasteiger partial charge in [0.1, 0.15) is 0 Å². The average molecular weight is 475 g/mol. The Balaban J connectivity index is 1.44. The van der Waals surface area contributed by atoms with Crippen LogP contribution in [-0.2, 0) is 10.0 Å². The van der Waals surface area contributed by atoms with Crippen molar-refractivity contribution in [3.8, 4) is 22.8 Å². The van der Waals surface area contributed by atoms with Crippen LogP contribution < -0.4 is 14.4 Å². The van der Waals surface area contributed by atoms with E-state index < -0.39 is 10.0 Å². The summed E-state index contributed by atoms with van der Waals surface area (Å²) in [5, 5.41) is 9.10. The largest absolute Gasteiger partial charge is 0.493 e. The summed E-state index contributed by atoms with van der Waals surface area (Å²) in [6.07, 6.45) is 0. The van der Waals surface area contributed by atoms with E-state index in [4.69, 9.17) is 21.1 Å². The number of nitrogens with zero attached hydrogens (tertiary/aromatic N) is 4. The highest BCUT2D eigenvalue weighted by Crippen LogP contribution is 2.31. The Hall–Kier alpha value is -2.88. The molecule has 4 rings (SSSR count). The highest BCUT2D eigenvalue weighted by molar-refractivity contribution is 7.89. The lowest BCUT2D eigenvalue weighted by Gasteiger charge is -2.34. The first-order valence-corrected chi connectivity index (χ1v) is 11.8. The normalized spacial score (nSPS) is 14.9. The number of methoxy groups -OCH3 is 2. The third kappa shape index (κ3) is 4.50. The fourth-order valence-electron chi connectivity index (χ4n) is 3.58. The van der Waals surface area contributed by atoms with Crippen LogP contribution >= 0.6 is 11.6 Å². The van der Waals surface area contributed by atoms with Crippen LogP contribution in [0.3, 0.4) is 0 Å². The monoisotopic (exact) mass is 474 g/mol. The summed E-state index contributed by atoms with van der Waals surface area (Å²) in [5.74, 6) is 1.97. The van der Waals surface area contributed by atoms with Crippen molar-refractivity contribution in [1.82, 2.24) is 14.5 Å². The van der Waals surface area contributed by atoms with E-state index in [0.29, 0.717) is 54.2 Å². The fourth-order valence-corrected chi connectivity index (χ4v) is 5.30. The first-order chi connectivity index (χ1) is 15.4. The number of anilines is 1. The van der Waals surface area contributed by atoms with E-state index in [9.17, 15) is 8.42 Å². The van der Waals surface area contributed by atoms with Crippen molar-refractivity contribution in [2.75, 3.05) is 45.3 Å². The van der Waals surface area contributed by atoms with Gasteiger partial charge in [-0.15, -0.1) is 10.2 Å². The highest BCUT2D eigenvalue weighted by Gasteiger charge is 2.29. The van der Waals surface area contributed by atoms with Gasteiger partial charge >= 0.3 is 0 Å². The summed E-state index contributed by atoms with van der Waals surface area (Å²) in [7, 11) is -0.406. The zero-order valence-corrected chi connectivity index (χ0v) is 19.3. The minimum absolute atomic E-state index is 0.206. The van der Waals surface area contributed by atoms with Crippen LogP contribution in [-0.4, -0.2) is 63.3 Å². The molecule has 8 nitrogen and oxygen atoms in total. The van der Waals surface area contributed by atoms with Crippen molar-refractivity contribution < 1.29 is 17.9 Å². The van der Waals surface area contributed by atoms with Crippen LogP contribution in [0.2, 0.25) is 5.02 Å². The van der Waals surface area contributed by atoms with E-state index in [1.54, 1.807) is 32.4 Å². The molecule has 1 aliphatic rings. The molecular formula is C22H23ClN4O4S. The van der Waals surface area contributed by atoms with Crippen LogP contribution in [0.15, 0.2) is 59.5 Å². The molecule has 32 heavy (non-hydrogen) atoms. The van der Waals surface area contributed by atoms with E-state index >= 15 is 0 Å². The van der Waals surface area contributed by atoms with Crippen molar-refractivity contribution in [2.24, 2.45) is 0 Å². The average Bonchev–Trinajstić information content (AvgIpc) is 2.84. The lowest BCUT2D eigenvalue weighted by molar-refractivity contribution is 0.355. The number of hydrogen-bond donors (Lipinski definition) is 0. The molecule has 3 aromatic rings. The number of benzene rings is 2. The summed E-state index contributed by atoms with van der Waals surface area (Å²) < 4.78 is 37.9. The molecule has 0 aliphatic carbocycles. The van der Waals surface area contributed by atoms with Gasteiger partial charge in [-0.25, -0.2) is 8.42 Å². The second-order valence-electron chi connectivity index (χ2n) is 7.20. The second kappa shape index (κ2) is 9.32. The standard InChI is InChI=1S/C22H23ClN4O4S/c1-30-20-8-6-16(14-21(20)31-2)19-7-9-22(25-24-19)26-10-12-27(13-11-26)32(28,29)18-5-3-4-17(23)15-18/h3-9,14-15H,10-13H2,1-2H3. The first kappa shape index (κ1) is 22.3. The Labute approximate surface area is 192 Å². The van der Waals surface area contributed by atoms with Crippen molar-refractivity contribution in [3.05, 3.63) is 59.6 Å². The Morgan fingerprint density at radius 1 is 0.875 bits per heavy atom. The summed E-state index contributed by atoms with van der Waals surface area (Å²) in [6.45, 7) is 1.75. The number of rotatable bonds is 6. The quantitative estimate of drug-likeness (QED) is 0.541. The lowest BCUT2D eigenvalue weighted by Crippen LogP contribution is -2.49. The molecule has 0 atom stereocenters. The summed E-state index contributed by atoms with van der Waals surface area (Å²) in [6, 6.07) is 15.7. The number of hydrogen-bond acceptors (Lipinski definition) is 7. The molecule has 2 aromatic carbocycles. The van der Waals surface area contributed by atoms with E-state index in [1.807, 2.05) is 35.2 Å². The zero-order chi connectivity index (χ0) is 22.7. The van der Waals surface area contributed by atoms with Crippen LogP contribution in [0.4, 0.5) is 5.82 Å². The fraction of sp³-hybridized carbons (Fsp3) is 0.273. The van der Waals surface area contributed by atoms with Crippen LogP contribution in [0.5, 0.6) is 11.5 Å². The van der Waals surface area contributed by atoms with Gasteiger partial charge in [-0.05, 0) is 48.5 Å². The summed E-state index contributed by atoms with van der Waals surface area (Å²) in [5.41, 5.74) is 1.57. The van der Waals surface area contributed by atoms with Crippen molar-refractivity contribution in [2.45, 2.75) is 4.90 Å². The van der Waals surface area contributed by atoms with Gasteiger partial charge in [0.05, 0.1) is 24.8 Å². The van der Waals surface area contributed by atoms with Crippen molar-refractivity contribution in [1.29, 1.82) is 0 Å². The SMILES string of the molecule is COc1ccc(-c2ccc(N3CCN(S(=O)(=O)c4cccc(Cl)c4)CC3)nn2)cc1OC. The maximum atomic E-state index is 12.9. The highest BCUT2D eigenvalue weighted by atomic mass is 35.5. The Kier molecular flexibility index (Phi) is 6.50. The van der Waals surface area contributed by atoms with E-state index in [1.165, 1.54) is 10.4 Å². The minimum Gasteiger partial charge on any atom is -0.493 e. The number of piperazine rings is 1. The number of aromatic nitrogens is 2. The predicted octanol–water partition coefficient (Wildman–Crippen LogP) is 3.33. The molecule has 0 saturated carbocycles. The van der Waals surface area contributed by atoms with Gasteiger partial charge in [0.25, 0.3) is 0 Å². The Morgan fingerprint density at radius 3 is 2.25 bits per heavy atom. The Bertz CT molecular complexity index is 1200. The van der Waals surface area contributed by atoms with Gasteiger partial charge in [-0.1, -0.05) is 17.7 Å². The van der Waals surface area contributed by atoms with E-state index in [-0.39, 0.29) is 4.90 Å². The predicted molar refractivity (Wildman–Crippen MR) is 123 cm³/mol. The van der Waals surface area contributed by atoms with E-state index in [0.717, 1.165) is 5.56 Å². The maximum Gasteiger partial charge on any atom is 0.243 e.